The first kappa shape index (κ1) is 25.0. The molecule has 1 amide bonds. The number of carbonyl (C=O) groups is 1. The number of hydrogen-bond acceptors (Lipinski definition) is 4. The summed E-state index contributed by atoms with van der Waals surface area (Å²) in [6.07, 6.45) is 2.20. The van der Waals surface area contributed by atoms with E-state index in [1.165, 1.54) is 11.1 Å². The largest absolute Gasteiger partial charge is 0.489 e. The van der Waals surface area contributed by atoms with E-state index >= 15 is 0 Å². The number of amides is 1. The van der Waals surface area contributed by atoms with Crippen LogP contribution in [0.2, 0.25) is 0 Å². The van der Waals surface area contributed by atoms with Gasteiger partial charge in [-0.3, -0.25) is 4.79 Å². The molecule has 1 heterocycles. The van der Waals surface area contributed by atoms with Crippen LogP contribution in [0.5, 0.6) is 5.75 Å². The third-order valence-corrected chi connectivity index (χ3v) is 6.89. The van der Waals surface area contributed by atoms with E-state index in [1.807, 2.05) is 61.6 Å². The average molecular weight is 473 g/mol. The molecule has 35 heavy (non-hydrogen) atoms. The van der Waals surface area contributed by atoms with Crippen LogP contribution in [0.3, 0.4) is 0 Å². The summed E-state index contributed by atoms with van der Waals surface area (Å²) in [5.41, 5.74) is 3.55. The smallest absolute Gasteiger partial charge is 0.253 e. The molecule has 0 bridgehead atoms. The Bertz CT molecular complexity index is 1070. The van der Waals surface area contributed by atoms with Gasteiger partial charge in [0.25, 0.3) is 5.91 Å². The molecule has 1 fully saturated rings. The van der Waals surface area contributed by atoms with Gasteiger partial charge in [-0.25, -0.2) is 0 Å². The van der Waals surface area contributed by atoms with E-state index in [4.69, 9.17) is 4.74 Å². The van der Waals surface area contributed by atoms with Crippen LogP contribution in [0.1, 0.15) is 39.9 Å². The zero-order chi connectivity index (χ0) is 24.7. The first-order chi connectivity index (χ1) is 16.9. The molecule has 0 atom stereocenters. The molecular weight excluding hydrogens is 436 g/mol. The Morgan fingerprint density at radius 1 is 0.943 bits per heavy atom. The molecule has 0 unspecified atom stereocenters. The molecule has 0 spiro atoms. The Morgan fingerprint density at radius 3 is 2.26 bits per heavy atom. The number of hydrogen-bond donors (Lipinski definition) is 1. The summed E-state index contributed by atoms with van der Waals surface area (Å²) in [7, 11) is 1.85. The number of aryl methyl sites for hydroxylation is 1. The predicted octanol–water partition coefficient (Wildman–Crippen LogP) is 4.72. The fourth-order valence-electron chi connectivity index (χ4n) is 4.50. The van der Waals surface area contributed by atoms with E-state index in [2.05, 4.69) is 36.1 Å². The van der Waals surface area contributed by atoms with Crippen molar-refractivity contribution in [3.63, 3.8) is 0 Å². The van der Waals surface area contributed by atoms with Crippen LogP contribution in [0, 0.1) is 6.92 Å². The lowest BCUT2D eigenvalue weighted by atomic mass is 9.85. The second kappa shape index (κ2) is 11.5. The van der Waals surface area contributed by atoms with Crippen LogP contribution in [-0.4, -0.2) is 59.6 Å². The lowest BCUT2D eigenvalue weighted by Gasteiger charge is -2.39. The number of piperidine rings is 1. The van der Waals surface area contributed by atoms with E-state index in [9.17, 15) is 9.90 Å². The maximum absolute atomic E-state index is 12.9. The zero-order valence-corrected chi connectivity index (χ0v) is 20.8. The fourth-order valence-corrected chi connectivity index (χ4v) is 4.50. The van der Waals surface area contributed by atoms with Crippen LogP contribution >= 0.6 is 0 Å². The quantitative estimate of drug-likeness (QED) is 0.490. The van der Waals surface area contributed by atoms with Crippen molar-refractivity contribution >= 4 is 5.91 Å². The van der Waals surface area contributed by atoms with Crippen molar-refractivity contribution in [2.24, 2.45) is 0 Å². The van der Waals surface area contributed by atoms with Gasteiger partial charge in [-0.2, -0.15) is 0 Å². The molecule has 0 aromatic heterocycles. The Balaban J connectivity index is 1.20. The third-order valence-electron chi connectivity index (χ3n) is 6.89. The molecule has 5 nitrogen and oxygen atoms in total. The summed E-state index contributed by atoms with van der Waals surface area (Å²) >= 11 is 0. The number of ether oxygens (including phenoxy) is 1. The fraction of sp³-hybridized carbons (Fsp3) is 0.367. The molecule has 5 heteroatoms. The van der Waals surface area contributed by atoms with Crippen LogP contribution in [0.4, 0.5) is 0 Å². The number of benzene rings is 3. The highest BCUT2D eigenvalue weighted by Gasteiger charge is 2.32. The highest BCUT2D eigenvalue weighted by molar-refractivity contribution is 5.94. The summed E-state index contributed by atoms with van der Waals surface area (Å²) in [5.74, 6) is 0.756. The van der Waals surface area contributed by atoms with Crippen molar-refractivity contribution in [3.8, 4) is 5.75 Å². The van der Waals surface area contributed by atoms with Gasteiger partial charge in [0.1, 0.15) is 12.4 Å². The molecule has 1 aliphatic heterocycles. The topological polar surface area (TPSA) is 53.0 Å². The van der Waals surface area contributed by atoms with Crippen molar-refractivity contribution in [1.29, 1.82) is 0 Å². The summed E-state index contributed by atoms with van der Waals surface area (Å²) in [5, 5.41) is 11.0. The van der Waals surface area contributed by atoms with Gasteiger partial charge in [0.05, 0.1) is 5.60 Å². The van der Waals surface area contributed by atoms with Gasteiger partial charge in [-0.05, 0) is 55.2 Å². The molecule has 1 aliphatic rings. The summed E-state index contributed by atoms with van der Waals surface area (Å²) in [6, 6.07) is 25.8. The Hall–Kier alpha value is -3.15. The Labute approximate surface area is 209 Å². The molecule has 0 radical (unpaired) electrons. The lowest BCUT2D eigenvalue weighted by molar-refractivity contribution is -0.0215. The van der Waals surface area contributed by atoms with Gasteiger partial charge in [0, 0.05) is 45.2 Å². The van der Waals surface area contributed by atoms with Crippen molar-refractivity contribution in [1.82, 2.24) is 9.80 Å². The first-order valence-electron chi connectivity index (χ1n) is 12.4. The predicted molar refractivity (Wildman–Crippen MR) is 140 cm³/mol. The van der Waals surface area contributed by atoms with Gasteiger partial charge in [-0.1, -0.05) is 60.2 Å². The average Bonchev–Trinajstić information content (AvgIpc) is 2.89. The summed E-state index contributed by atoms with van der Waals surface area (Å²) < 4.78 is 5.82. The van der Waals surface area contributed by atoms with Crippen molar-refractivity contribution in [3.05, 3.63) is 101 Å². The van der Waals surface area contributed by atoms with Crippen molar-refractivity contribution in [2.75, 3.05) is 33.2 Å². The number of carbonyl (C=O) groups excluding carboxylic acids is 1. The monoisotopic (exact) mass is 472 g/mol. The van der Waals surface area contributed by atoms with E-state index in [-0.39, 0.29) is 5.91 Å². The molecule has 3 aromatic rings. The second-order valence-corrected chi connectivity index (χ2v) is 9.75. The number of nitrogens with zero attached hydrogens (tertiary/aromatic N) is 2. The zero-order valence-electron chi connectivity index (χ0n) is 20.8. The molecule has 4 rings (SSSR count). The first-order valence-corrected chi connectivity index (χ1v) is 12.4. The molecule has 3 aromatic carbocycles. The van der Waals surface area contributed by atoms with Crippen LogP contribution in [-0.2, 0) is 13.0 Å². The van der Waals surface area contributed by atoms with Gasteiger partial charge in [0.2, 0.25) is 0 Å². The Kier molecular flexibility index (Phi) is 8.21. The molecule has 0 saturated carbocycles. The van der Waals surface area contributed by atoms with Gasteiger partial charge in [-0.15, -0.1) is 0 Å². The van der Waals surface area contributed by atoms with Crippen LogP contribution < -0.4 is 4.74 Å². The summed E-state index contributed by atoms with van der Waals surface area (Å²) in [6.45, 7) is 5.73. The van der Waals surface area contributed by atoms with Gasteiger partial charge < -0.3 is 19.6 Å². The normalized spacial score (nSPS) is 15.5. The number of rotatable bonds is 9. The standard InChI is InChI=1S/C30H36N2O3/c1-24-8-10-25(11-9-24)22-30(34)16-18-32(19-17-30)21-20-31(2)29(33)27-12-14-28(15-13-27)35-23-26-6-4-3-5-7-26/h3-15,34H,16-23H2,1-2H3. The molecule has 184 valence electrons. The van der Waals surface area contributed by atoms with E-state index in [0.29, 0.717) is 25.1 Å². The van der Waals surface area contributed by atoms with E-state index in [1.54, 1.807) is 4.90 Å². The minimum atomic E-state index is -0.641. The van der Waals surface area contributed by atoms with Crippen molar-refractivity contribution < 1.29 is 14.6 Å². The Morgan fingerprint density at radius 2 is 1.60 bits per heavy atom. The highest BCUT2D eigenvalue weighted by atomic mass is 16.5. The number of aliphatic hydroxyl groups is 1. The maximum atomic E-state index is 12.9. The van der Waals surface area contributed by atoms with Gasteiger partial charge in [0.15, 0.2) is 0 Å². The van der Waals surface area contributed by atoms with Crippen LogP contribution in [0.25, 0.3) is 0 Å². The summed E-state index contributed by atoms with van der Waals surface area (Å²) in [4.78, 5) is 17.0. The second-order valence-electron chi connectivity index (χ2n) is 9.75. The minimum Gasteiger partial charge on any atom is -0.489 e. The van der Waals surface area contributed by atoms with E-state index in [0.717, 1.165) is 43.8 Å². The number of likely N-dealkylation sites (N-methyl/N-ethyl adjacent to an activating group) is 1. The molecular formula is C30H36N2O3. The third kappa shape index (κ3) is 7.17. The minimum absolute atomic E-state index is 0.00694. The highest BCUT2D eigenvalue weighted by Crippen LogP contribution is 2.26. The van der Waals surface area contributed by atoms with Crippen LogP contribution in [0.15, 0.2) is 78.9 Å². The SMILES string of the molecule is Cc1ccc(CC2(O)CCN(CCN(C)C(=O)c3ccc(OCc4ccccc4)cc3)CC2)cc1. The lowest BCUT2D eigenvalue weighted by Crippen LogP contribution is -2.47. The molecule has 0 aliphatic carbocycles. The van der Waals surface area contributed by atoms with Gasteiger partial charge >= 0.3 is 0 Å². The molecule has 1 N–H and O–H groups in total. The number of likely N-dealkylation sites (tertiary alicyclic amines) is 1. The molecule has 1 saturated heterocycles. The van der Waals surface area contributed by atoms with Crippen molar-refractivity contribution in [2.45, 2.75) is 38.4 Å². The van der Waals surface area contributed by atoms with E-state index < -0.39 is 5.60 Å². The maximum Gasteiger partial charge on any atom is 0.253 e.